The lowest BCUT2D eigenvalue weighted by atomic mass is 10.1. The minimum absolute atomic E-state index is 0.280. The first-order valence-electron chi connectivity index (χ1n) is 9.06. The van der Waals surface area contributed by atoms with E-state index in [1.54, 1.807) is 0 Å². The summed E-state index contributed by atoms with van der Waals surface area (Å²) in [7, 11) is 0. The van der Waals surface area contributed by atoms with Gasteiger partial charge in [-0.15, -0.1) is 11.3 Å². The van der Waals surface area contributed by atoms with Crippen molar-refractivity contribution in [3.05, 3.63) is 51.7 Å². The Labute approximate surface area is 153 Å². The molecule has 1 aromatic carbocycles. The molecule has 0 N–H and O–H groups in total. The van der Waals surface area contributed by atoms with Crippen LogP contribution in [-0.4, -0.2) is 55.0 Å². The molecule has 0 atom stereocenters. The molecule has 1 saturated heterocycles. The van der Waals surface area contributed by atoms with Gasteiger partial charge in [0, 0.05) is 49.8 Å². The maximum Gasteiger partial charge on any atom is 0.236 e. The number of piperazine rings is 1. The lowest BCUT2D eigenvalue weighted by molar-refractivity contribution is -0.132. The van der Waals surface area contributed by atoms with Gasteiger partial charge in [0.25, 0.3) is 0 Å². The lowest BCUT2D eigenvalue weighted by Gasteiger charge is -2.37. The second-order valence-electron chi connectivity index (χ2n) is 7.04. The van der Waals surface area contributed by atoms with Gasteiger partial charge in [0.05, 0.1) is 6.54 Å². The average molecular weight is 356 g/mol. The van der Waals surface area contributed by atoms with Crippen molar-refractivity contribution < 1.29 is 4.79 Å². The molecule has 0 aliphatic carbocycles. The lowest BCUT2D eigenvalue weighted by Crippen LogP contribution is -2.51. The Balaban J connectivity index is 1.30. The van der Waals surface area contributed by atoms with Crippen LogP contribution in [0.4, 0.5) is 5.69 Å². The van der Waals surface area contributed by atoms with Crippen molar-refractivity contribution in [2.24, 2.45) is 0 Å². The van der Waals surface area contributed by atoms with E-state index in [2.05, 4.69) is 52.4 Å². The van der Waals surface area contributed by atoms with Crippen molar-refractivity contribution in [1.82, 2.24) is 9.80 Å². The number of anilines is 1. The van der Waals surface area contributed by atoms with E-state index in [1.807, 2.05) is 16.2 Å². The molecule has 1 aromatic heterocycles. The van der Waals surface area contributed by atoms with Crippen LogP contribution in [0.5, 0.6) is 0 Å². The van der Waals surface area contributed by atoms with E-state index in [-0.39, 0.29) is 5.91 Å². The van der Waals surface area contributed by atoms with Gasteiger partial charge < -0.3 is 9.80 Å². The summed E-state index contributed by atoms with van der Waals surface area (Å²) in [5.74, 6) is 0.280. The van der Waals surface area contributed by atoms with Crippen molar-refractivity contribution in [3.8, 4) is 0 Å². The molecule has 4 nitrogen and oxygen atoms in total. The first-order chi connectivity index (χ1) is 12.2. The molecule has 0 unspecified atom stereocenters. The van der Waals surface area contributed by atoms with Crippen molar-refractivity contribution >= 4 is 22.9 Å². The molecule has 0 radical (unpaired) electrons. The fourth-order valence-corrected chi connectivity index (χ4v) is 4.66. The van der Waals surface area contributed by atoms with Crippen molar-refractivity contribution in [3.63, 3.8) is 0 Å². The van der Waals surface area contributed by atoms with Crippen LogP contribution in [0, 0.1) is 6.92 Å². The highest BCUT2D eigenvalue weighted by Crippen LogP contribution is 2.24. The van der Waals surface area contributed by atoms with Crippen molar-refractivity contribution in [1.29, 1.82) is 0 Å². The summed E-state index contributed by atoms with van der Waals surface area (Å²) in [6.07, 6.45) is 1.08. The highest BCUT2D eigenvalue weighted by Gasteiger charge is 2.25. The highest BCUT2D eigenvalue weighted by molar-refractivity contribution is 7.10. The third-order valence-electron chi connectivity index (χ3n) is 5.24. The molecule has 4 rings (SSSR count). The zero-order valence-corrected chi connectivity index (χ0v) is 15.6. The summed E-state index contributed by atoms with van der Waals surface area (Å²) < 4.78 is 0. The van der Waals surface area contributed by atoms with Crippen LogP contribution < -0.4 is 4.90 Å². The molecule has 0 bridgehead atoms. The normalized spacial score (nSPS) is 18.3. The van der Waals surface area contributed by atoms with Gasteiger partial charge in [-0.1, -0.05) is 12.1 Å². The molecule has 25 heavy (non-hydrogen) atoms. The fraction of sp³-hybridized carbons (Fsp3) is 0.450. The molecule has 0 spiro atoms. The van der Waals surface area contributed by atoms with Gasteiger partial charge in [-0.3, -0.25) is 9.69 Å². The Morgan fingerprint density at radius 3 is 2.76 bits per heavy atom. The second kappa shape index (κ2) is 7.18. The number of hydrogen-bond acceptors (Lipinski definition) is 4. The average Bonchev–Trinajstić information content (AvgIpc) is 3.09. The quantitative estimate of drug-likeness (QED) is 0.847. The Morgan fingerprint density at radius 2 is 1.96 bits per heavy atom. The second-order valence-corrected chi connectivity index (χ2v) is 8.04. The standard InChI is InChI=1S/C20H25N3OS/c1-16-3-2-4-18(13-16)22-8-10-23(11-9-22)20(24)15-21-7-5-19-17(14-21)6-12-25-19/h2-4,6,12-13H,5,7-11,14-15H2,1H3. The molecule has 0 saturated carbocycles. The summed E-state index contributed by atoms with van der Waals surface area (Å²) in [6, 6.07) is 10.8. The van der Waals surface area contributed by atoms with Crippen LogP contribution in [0.1, 0.15) is 16.0 Å². The molecule has 3 heterocycles. The number of benzene rings is 1. The number of rotatable bonds is 3. The number of thiophene rings is 1. The summed E-state index contributed by atoms with van der Waals surface area (Å²) >= 11 is 1.85. The molecule has 2 aliphatic rings. The van der Waals surface area contributed by atoms with Crippen LogP contribution in [-0.2, 0) is 17.8 Å². The Kier molecular flexibility index (Phi) is 4.77. The summed E-state index contributed by atoms with van der Waals surface area (Å²) in [5.41, 5.74) is 3.97. The van der Waals surface area contributed by atoms with Crippen LogP contribution >= 0.6 is 11.3 Å². The molecule has 5 heteroatoms. The summed E-state index contributed by atoms with van der Waals surface area (Å²) in [4.78, 5) is 20.9. The third kappa shape index (κ3) is 3.72. The molecular weight excluding hydrogens is 330 g/mol. The van der Waals surface area contributed by atoms with Gasteiger partial charge in [-0.25, -0.2) is 0 Å². The van der Waals surface area contributed by atoms with Gasteiger partial charge >= 0.3 is 0 Å². The van der Waals surface area contributed by atoms with E-state index in [4.69, 9.17) is 0 Å². The maximum absolute atomic E-state index is 12.7. The number of nitrogens with zero attached hydrogens (tertiary/aromatic N) is 3. The van der Waals surface area contributed by atoms with Crippen LogP contribution in [0.25, 0.3) is 0 Å². The number of aryl methyl sites for hydroxylation is 1. The van der Waals surface area contributed by atoms with Gasteiger partial charge in [-0.05, 0) is 48.1 Å². The first kappa shape index (κ1) is 16.6. The fourth-order valence-electron chi connectivity index (χ4n) is 3.77. The number of hydrogen-bond donors (Lipinski definition) is 0. The number of carbonyl (C=O) groups excluding carboxylic acids is 1. The SMILES string of the molecule is Cc1cccc(N2CCN(C(=O)CN3CCc4sccc4C3)CC2)c1. The monoisotopic (exact) mass is 355 g/mol. The van der Waals surface area contributed by atoms with E-state index < -0.39 is 0 Å². The zero-order valence-electron chi connectivity index (χ0n) is 14.8. The van der Waals surface area contributed by atoms with Crippen LogP contribution in [0.15, 0.2) is 35.7 Å². The Bertz CT molecular complexity index is 749. The third-order valence-corrected chi connectivity index (χ3v) is 6.27. The molecule has 1 amide bonds. The molecule has 2 aromatic rings. The van der Waals surface area contributed by atoms with E-state index in [1.165, 1.54) is 21.7 Å². The molecule has 2 aliphatic heterocycles. The van der Waals surface area contributed by atoms with Crippen LogP contribution in [0.3, 0.4) is 0 Å². The number of fused-ring (bicyclic) bond motifs is 1. The maximum atomic E-state index is 12.7. The number of carbonyl (C=O) groups is 1. The first-order valence-corrected chi connectivity index (χ1v) is 9.94. The molecular formula is C20H25N3OS. The minimum atomic E-state index is 0.280. The van der Waals surface area contributed by atoms with Gasteiger partial charge in [0.2, 0.25) is 5.91 Å². The molecule has 132 valence electrons. The van der Waals surface area contributed by atoms with E-state index in [0.717, 1.165) is 45.7 Å². The van der Waals surface area contributed by atoms with Crippen molar-refractivity contribution in [2.75, 3.05) is 44.2 Å². The van der Waals surface area contributed by atoms with Crippen molar-refractivity contribution in [2.45, 2.75) is 19.9 Å². The number of amides is 1. The van der Waals surface area contributed by atoms with Gasteiger partial charge in [0.15, 0.2) is 0 Å². The minimum Gasteiger partial charge on any atom is -0.368 e. The largest absolute Gasteiger partial charge is 0.368 e. The predicted molar refractivity (Wildman–Crippen MR) is 103 cm³/mol. The van der Waals surface area contributed by atoms with Gasteiger partial charge in [-0.2, -0.15) is 0 Å². The van der Waals surface area contributed by atoms with E-state index in [9.17, 15) is 4.79 Å². The van der Waals surface area contributed by atoms with Crippen LogP contribution in [0.2, 0.25) is 0 Å². The Hall–Kier alpha value is -1.85. The summed E-state index contributed by atoms with van der Waals surface area (Å²) in [6.45, 7) is 8.10. The van der Waals surface area contributed by atoms with Gasteiger partial charge in [0.1, 0.15) is 0 Å². The zero-order chi connectivity index (χ0) is 17.2. The van der Waals surface area contributed by atoms with E-state index >= 15 is 0 Å². The predicted octanol–water partition coefficient (Wildman–Crippen LogP) is 2.76. The Morgan fingerprint density at radius 1 is 1.12 bits per heavy atom. The van der Waals surface area contributed by atoms with E-state index in [0.29, 0.717) is 6.54 Å². The summed E-state index contributed by atoms with van der Waals surface area (Å²) in [5, 5.41) is 2.17. The smallest absolute Gasteiger partial charge is 0.236 e. The highest BCUT2D eigenvalue weighted by atomic mass is 32.1. The topological polar surface area (TPSA) is 26.8 Å². The molecule has 1 fully saturated rings.